The maximum Gasteiger partial charge on any atom is 0.254 e. The van der Waals surface area contributed by atoms with Gasteiger partial charge in [-0.25, -0.2) is 0 Å². The third-order valence-electron chi connectivity index (χ3n) is 1.67. The third kappa shape index (κ3) is 2.96. The van der Waals surface area contributed by atoms with E-state index in [-0.39, 0.29) is 5.91 Å². The number of rotatable bonds is 3. The summed E-state index contributed by atoms with van der Waals surface area (Å²) < 4.78 is 0.976. The number of nitrogens with zero attached hydrogens (tertiary/aromatic N) is 1. The van der Waals surface area contributed by atoms with Gasteiger partial charge in [0.1, 0.15) is 0 Å². The molecular weight excluding hydrogens is 262 g/mol. The van der Waals surface area contributed by atoms with Crippen LogP contribution in [-0.2, 0) is 0 Å². The van der Waals surface area contributed by atoms with Gasteiger partial charge >= 0.3 is 0 Å². The van der Waals surface area contributed by atoms with E-state index in [4.69, 9.17) is 0 Å². The van der Waals surface area contributed by atoms with Crippen LogP contribution in [0.3, 0.4) is 0 Å². The van der Waals surface area contributed by atoms with Gasteiger partial charge in [0.2, 0.25) is 0 Å². The highest BCUT2D eigenvalue weighted by molar-refractivity contribution is 9.11. The van der Waals surface area contributed by atoms with Crippen molar-refractivity contribution in [2.24, 2.45) is 0 Å². The molecule has 0 aromatic carbocycles. The van der Waals surface area contributed by atoms with E-state index in [0.717, 1.165) is 14.9 Å². The van der Waals surface area contributed by atoms with Gasteiger partial charge in [0.25, 0.3) is 5.91 Å². The van der Waals surface area contributed by atoms with Crippen molar-refractivity contribution in [3.05, 3.63) is 32.9 Å². The Hall–Kier alpha value is -0.610. The summed E-state index contributed by atoms with van der Waals surface area (Å²) in [7, 11) is 1.78. The molecule has 0 N–H and O–H groups in total. The molecule has 4 heteroatoms. The first-order valence-electron chi connectivity index (χ1n) is 4.14. The molecule has 0 saturated carbocycles. The van der Waals surface area contributed by atoms with E-state index in [1.54, 1.807) is 11.9 Å². The predicted octanol–water partition coefficient (Wildman–Crippen LogP) is 3.16. The molecule has 0 unspecified atom stereocenters. The van der Waals surface area contributed by atoms with Crippen LogP contribution in [0.15, 0.2) is 27.4 Å². The molecule has 14 heavy (non-hydrogen) atoms. The topological polar surface area (TPSA) is 20.3 Å². The van der Waals surface area contributed by atoms with Crippen LogP contribution in [0.5, 0.6) is 0 Å². The SMILES string of the molecule is C=C(C)CN(C)C(=O)c1csc(Br)c1. The van der Waals surface area contributed by atoms with Crippen LogP contribution < -0.4 is 0 Å². The molecule has 0 aliphatic carbocycles. The van der Waals surface area contributed by atoms with Crippen LogP contribution in [0.25, 0.3) is 0 Å². The van der Waals surface area contributed by atoms with Gasteiger partial charge in [-0.05, 0) is 28.9 Å². The van der Waals surface area contributed by atoms with Crippen molar-refractivity contribution >= 4 is 33.2 Å². The van der Waals surface area contributed by atoms with E-state index < -0.39 is 0 Å². The summed E-state index contributed by atoms with van der Waals surface area (Å²) in [5, 5.41) is 1.85. The van der Waals surface area contributed by atoms with Crippen molar-refractivity contribution < 1.29 is 4.79 Å². The largest absolute Gasteiger partial charge is 0.338 e. The van der Waals surface area contributed by atoms with Gasteiger partial charge in [-0.3, -0.25) is 4.79 Å². The predicted molar refractivity (Wildman–Crippen MR) is 63.8 cm³/mol. The molecule has 1 aromatic rings. The van der Waals surface area contributed by atoms with E-state index in [1.165, 1.54) is 11.3 Å². The van der Waals surface area contributed by atoms with Gasteiger partial charge in [0.05, 0.1) is 9.35 Å². The highest BCUT2D eigenvalue weighted by Crippen LogP contribution is 2.21. The number of hydrogen-bond acceptors (Lipinski definition) is 2. The Morgan fingerprint density at radius 2 is 2.36 bits per heavy atom. The molecule has 0 fully saturated rings. The molecule has 0 saturated heterocycles. The normalized spacial score (nSPS) is 9.93. The van der Waals surface area contributed by atoms with Crippen LogP contribution in [0.1, 0.15) is 17.3 Å². The highest BCUT2D eigenvalue weighted by atomic mass is 79.9. The molecule has 2 nitrogen and oxygen atoms in total. The number of carbonyl (C=O) groups is 1. The number of amides is 1. The van der Waals surface area contributed by atoms with Crippen LogP contribution in [0, 0.1) is 0 Å². The molecule has 1 heterocycles. The van der Waals surface area contributed by atoms with E-state index >= 15 is 0 Å². The van der Waals surface area contributed by atoms with Crippen molar-refractivity contribution in [1.29, 1.82) is 0 Å². The van der Waals surface area contributed by atoms with Gasteiger partial charge in [0.15, 0.2) is 0 Å². The monoisotopic (exact) mass is 273 g/mol. The van der Waals surface area contributed by atoms with Gasteiger partial charge < -0.3 is 4.90 Å². The summed E-state index contributed by atoms with van der Waals surface area (Å²) in [6.07, 6.45) is 0. The first-order chi connectivity index (χ1) is 6.50. The lowest BCUT2D eigenvalue weighted by molar-refractivity contribution is 0.0807. The van der Waals surface area contributed by atoms with E-state index in [9.17, 15) is 4.79 Å². The molecular formula is C10H12BrNOS. The molecule has 1 rings (SSSR count). The molecule has 0 bridgehead atoms. The molecule has 0 aliphatic heterocycles. The van der Waals surface area contributed by atoms with E-state index in [0.29, 0.717) is 6.54 Å². The molecule has 1 aromatic heterocycles. The maximum absolute atomic E-state index is 11.8. The zero-order valence-electron chi connectivity index (χ0n) is 8.21. The van der Waals surface area contributed by atoms with Crippen LogP contribution in [-0.4, -0.2) is 24.4 Å². The Kier molecular flexibility index (Phi) is 3.89. The fourth-order valence-corrected chi connectivity index (χ4v) is 2.25. The van der Waals surface area contributed by atoms with Gasteiger partial charge in [-0.15, -0.1) is 11.3 Å². The smallest absolute Gasteiger partial charge is 0.254 e. The van der Waals surface area contributed by atoms with Crippen molar-refractivity contribution in [2.45, 2.75) is 6.92 Å². The minimum absolute atomic E-state index is 0.0370. The van der Waals surface area contributed by atoms with Crippen molar-refractivity contribution in [3.8, 4) is 0 Å². The maximum atomic E-state index is 11.8. The second-order valence-electron chi connectivity index (χ2n) is 3.26. The summed E-state index contributed by atoms with van der Waals surface area (Å²) >= 11 is 4.85. The summed E-state index contributed by atoms with van der Waals surface area (Å²) in [6, 6.07) is 1.84. The Balaban J connectivity index is 2.70. The number of thiophene rings is 1. The third-order valence-corrected chi connectivity index (χ3v) is 3.17. The lowest BCUT2D eigenvalue weighted by Gasteiger charge is -2.15. The van der Waals surface area contributed by atoms with E-state index in [2.05, 4.69) is 22.5 Å². The molecule has 1 amide bonds. The van der Waals surface area contributed by atoms with Crippen molar-refractivity contribution in [1.82, 2.24) is 4.90 Å². The second-order valence-corrected chi connectivity index (χ2v) is 5.55. The fraction of sp³-hybridized carbons (Fsp3) is 0.300. The lowest BCUT2D eigenvalue weighted by Crippen LogP contribution is -2.27. The van der Waals surface area contributed by atoms with Crippen LogP contribution in [0.4, 0.5) is 0 Å². The number of hydrogen-bond donors (Lipinski definition) is 0. The zero-order chi connectivity index (χ0) is 10.7. The molecule has 0 radical (unpaired) electrons. The molecule has 0 spiro atoms. The van der Waals surface area contributed by atoms with Gasteiger partial charge in [0, 0.05) is 19.0 Å². The Morgan fingerprint density at radius 3 is 2.79 bits per heavy atom. The summed E-state index contributed by atoms with van der Waals surface area (Å²) in [5.41, 5.74) is 1.71. The first-order valence-corrected chi connectivity index (χ1v) is 5.82. The second kappa shape index (κ2) is 4.75. The van der Waals surface area contributed by atoms with Crippen LogP contribution in [0.2, 0.25) is 0 Å². The Morgan fingerprint density at radius 1 is 1.71 bits per heavy atom. The summed E-state index contributed by atoms with van der Waals surface area (Å²) in [6.45, 7) is 6.29. The van der Waals surface area contributed by atoms with Gasteiger partial charge in [-0.1, -0.05) is 12.2 Å². The van der Waals surface area contributed by atoms with Crippen molar-refractivity contribution in [3.63, 3.8) is 0 Å². The lowest BCUT2D eigenvalue weighted by atomic mass is 10.2. The average Bonchev–Trinajstić information content (AvgIpc) is 2.49. The summed E-state index contributed by atoms with van der Waals surface area (Å²) in [5.74, 6) is 0.0370. The number of halogens is 1. The average molecular weight is 274 g/mol. The Bertz CT molecular complexity index is 359. The minimum atomic E-state index is 0.0370. The molecule has 76 valence electrons. The Labute approximate surface area is 96.4 Å². The number of carbonyl (C=O) groups excluding carboxylic acids is 1. The van der Waals surface area contributed by atoms with Crippen molar-refractivity contribution in [2.75, 3.05) is 13.6 Å². The standard InChI is InChI=1S/C10H12BrNOS/c1-7(2)5-12(3)10(13)8-4-9(11)14-6-8/h4,6H,1,5H2,2-3H3. The number of likely N-dealkylation sites (N-methyl/N-ethyl adjacent to an activating group) is 1. The zero-order valence-corrected chi connectivity index (χ0v) is 10.6. The van der Waals surface area contributed by atoms with E-state index in [1.807, 2.05) is 18.4 Å². The summed E-state index contributed by atoms with van der Waals surface area (Å²) in [4.78, 5) is 13.4. The molecule has 0 atom stereocenters. The minimum Gasteiger partial charge on any atom is -0.338 e. The first kappa shape index (κ1) is 11.5. The highest BCUT2D eigenvalue weighted by Gasteiger charge is 2.12. The molecule has 0 aliphatic rings. The quantitative estimate of drug-likeness (QED) is 0.775. The fourth-order valence-electron chi connectivity index (χ4n) is 1.12. The van der Waals surface area contributed by atoms with Crippen LogP contribution >= 0.6 is 27.3 Å². The van der Waals surface area contributed by atoms with Gasteiger partial charge in [-0.2, -0.15) is 0 Å².